The summed E-state index contributed by atoms with van der Waals surface area (Å²) in [6.07, 6.45) is 4.54. The molecule has 3 heterocycles. The van der Waals surface area contributed by atoms with Gasteiger partial charge in [0.1, 0.15) is 17.2 Å². The van der Waals surface area contributed by atoms with Gasteiger partial charge in [-0.1, -0.05) is 6.07 Å². The van der Waals surface area contributed by atoms with Gasteiger partial charge < -0.3 is 14.8 Å². The van der Waals surface area contributed by atoms with E-state index < -0.39 is 0 Å². The highest BCUT2D eigenvalue weighted by molar-refractivity contribution is 5.69. The molecule has 1 aromatic carbocycles. The summed E-state index contributed by atoms with van der Waals surface area (Å²) in [6, 6.07) is 12.3. The maximum Gasteiger partial charge on any atom is 0.226 e. The first-order valence-corrected chi connectivity index (χ1v) is 10.2. The lowest BCUT2D eigenvalue weighted by molar-refractivity contribution is 0.302. The second-order valence-corrected chi connectivity index (χ2v) is 7.39. The number of halogens is 1. The molecule has 160 valence electrons. The zero-order valence-electron chi connectivity index (χ0n) is 17.9. The lowest BCUT2D eigenvalue weighted by atomic mass is 10.1. The van der Waals surface area contributed by atoms with E-state index in [4.69, 9.17) is 14.5 Å². The van der Waals surface area contributed by atoms with Crippen molar-refractivity contribution < 1.29 is 13.9 Å². The van der Waals surface area contributed by atoms with Gasteiger partial charge in [0.25, 0.3) is 0 Å². The fraction of sp³-hybridized carbons (Fsp3) is 0.250. The van der Waals surface area contributed by atoms with Gasteiger partial charge in [0.05, 0.1) is 25.6 Å². The van der Waals surface area contributed by atoms with Crippen LogP contribution in [0.5, 0.6) is 11.8 Å². The van der Waals surface area contributed by atoms with Crippen molar-refractivity contribution in [2.45, 2.75) is 20.3 Å². The number of benzene rings is 1. The average Bonchev–Trinajstić information content (AvgIpc) is 3.12. The van der Waals surface area contributed by atoms with Crippen LogP contribution in [0.2, 0.25) is 0 Å². The largest absolute Gasteiger partial charge is 0.481 e. The summed E-state index contributed by atoms with van der Waals surface area (Å²) in [5.74, 6) is 1.01. The molecule has 0 saturated heterocycles. The fourth-order valence-corrected chi connectivity index (χ4v) is 3.41. The second kappa shape index (κ2) is 9.04. The Morgan fingerprint density at radius 1 is 1.10 bits per heavy atom. The topological polar surface area (TPSA) is 60.7 Å². The number of pyridine rings is 2. The van der Waals surface area contributed by atoms with Crippen LogP contribution in [-0.4, -0.2) is 34.6 Å². The molecule has 0 aliphatic heterocycles. The molecule has 0 aliphatic rings. The molecule has 0 unspecified atom stereocenters. The summed E-state index contributed by atoms with van der Waals surface area (Å²) < 4.78 is 26.7. The highest BCUT2D eigenvalue weighted by Crippen LogP contribution is 2.31. The minimum absolute atomic E-state index is 0.278. The Bertz CT molecular complexity index is 1190. The highest BCUT2D eigenvalue weighted by atomic mass is 19.1. The normalized spacial score (nSPS) is 11.0. The van der Waals surface area contributed by atoms with Crippen molar-refractivity contribution >= 4 is 11.3 Å². The van der Waals surface area contributed by atoms with E-state index in [1.165, 1.54) is 12.1 Å². The number of hydrogen-bond donors (Lipinski definition) is 1. The number of aryl methyl sites for hydroxylation is 2. The summed E-state index contributed by atoms with van der Waals surface area (Å²) in [5, 5.41) is 3.35. The Kier molecular flexibility index (Phi) is 6.02. The smallest absolute Gasteiger partial charge is 0.226 e. The van der Waals surface area contributed by atoms with Gasteiger partial charge in [0, 0.05) is 23.9 Å². The summed E-state index contributed by atoms with van der Waals surface area (Å²) in [4.78, 5) is 8.98. The van der Waals surface area contributed by atoms with E-state index in [0.717, 1.165) is 41.0 Å². The zero-order valence-corrected chi connectivity index (χ0v) is 17.9. The van der Waals surface area contributed by atoms with Gasteiger partial charge in [0.2, 0.25) is 11.8 Å². The Morgan fingerprint density at radius 2 is 1.90 bits per heavy atom. The van der Waals surface area contributed by atoms with E-state index in [1.807, 2.05) is 42.6 Å². The Hall–Kier alpha value is -3.61. The van der Waals surface area contributed by atoms with Gasteiger partial charge in [-0.05, 0) is 62.2 Å². The standard InChI is InChI=1S/C24H25FN4O2/c1-16-5-10-21-28-22(18-6-8-19(25)9-7-18)24(29(21)15-16)31-12-4-11-26-20-13-17(2)23(30-3)27-14-20/h5-10,13-15,26H,4,11-12H2,1-3H3. The molecule has 0 bridgehead atoms. The second-order valence-electron chi connectivity index (χ2n) is 7.39. The van der Waals surface area contributed by atoms with Gasteiger partial charge in [-0.3, -0.25) is 4.40 Å². The first kappa shape index (κ1) is 20.7. The van der Waals surface area contributed by atoms with Crippen LogP contribution in [0.15, 0.2) is 54.9 Å². The minimum atomic E-state index is -0.278. The van der Waals surface area contributed by atoms with Crippen molar-refractivity contribution in [3.8, 4) is 23.0 Å². The first-order chi connectivity index (χ1) is 15.0. The predicted octanol–water partition coefficient (Wildman–Crippen LogP) is 5.04. The molecule has 6 nitrogen and oxygen atoms in total. The van der Waals surface area contributed by atoms with Crippen molar-refractivity contribution in [1.82, 2.24) is 14.4 Å². The minimum Gasteiger partial charge on any atom is -0.481 e. The molecule has 7 heteroatoms. The molecule has 4 rings (SSSR count). The third-order valence-corrected chi connectivity index (χ3v) is 4.95. The maximum absolute atomic E-state index is 13.4. The van der Waals surface area contributed by atoms with Crippen LogP contribution in [0.4, 0.5) is 10.1 Å². The van der Waals surface area contributed by atoms with E-state index in [1.54, 1.807) is 25.4 Å². The molecule has 1 N–H and O–H groups in total. The van der Waals surface area contributed by atoms with Crippen LogP contribution >= 0.6 is 0 Å². The van der Waals surface area contributed by atoms with Gasteiger partial charge in [-0.25, -0.2) is 14.4 Å². The van der Waals surface area contributed by atoms with Crippen molar-refractivity contribution in [2.75, 3.05) is 25.6 Å². The fourth-order valence-electron chi connectivity index (χ4n) is 3.41. The van der Waals surface area contributed by atoms with E-state index in [0.29, 0.717) is 24.1 Å². The van der Waals surface area contributed by atoms with Crippen LogP contribution in [-0.2, 0) is 0 Å². The molecule has 0 amide bonds. The molecule has 4 aromatic rings. The Labute approximate surface area is 180 Å². The summed E-state index contributed by atoms with van der Waals surface area (Å²) in [5.41, 5.74) is 5.33. The molecule has 0 radical (unpaired) electrons. The molecular weight excluding hydrogens is 395 g/mol. The zero-order chi connectivity index (χ0) is 21.8. The van der Waals surface area contributed by atoms with Crippen LogP contribution in [0, 0.1) is 19.7 Å². The summed E-state index contributed by atoms with van der Waals surface area (Å²) in [6.45, 7) is 5.22. The number of imidazole rings is 1. The van der Waals surface area contributed by atoms with E-state index in [9.17, 15) is 4.39 Å². The monoisotopic (exact) mass is 420 g/mol. The number of nitrogens with zero attached hydrogens (tertiary/aromatic N) is 3. The number of nitrogens with one attached hydrogen (secondary N) is 1. The van der Waals surface area contributed by atoms with Gasteiger partial charge in [0.15, 0.2) is 0 Å². The molecule has 0 aliphatic carbocycles. The Balaban J connectivity index is 1.46. The van der Waals surface area contributed by atoms with Gasteiger partial charge in [-0.15, -0.1) is 0 Å². The van der Waals surface area contributed by atoms with Crippen LogP contribution in [0.25, 0.3) is 16.9 Å². The van der Waals surface area contributed by atoms with Gasteiger partial charge in [-0.2, -0.15) is 0 Å². The number of rotatable bonds is 8. The lowest BCUT2D eigenvalue weighted by Gasteiger charge is -2.11. The SMILES string of the molecule is COc1ncc(NCCCOc2c(-c3ccc(F)cc3)nc3ccc(C)cn23)cc1C. The Morgan fingerprint density at radius 3 is 2.65 bits per heavy atom. The summed E-state index contributed by atoms with van der Waals surface area (Å²) >= 11 is 0. The summed E-state index contributed by atoms with van der Waals surface area (Å²) in [7, 11) is 1.61. The molecule has 0 saturated carbocycles. The number of aromatic nitrogens is 3. The molecule has 3 aromatic heterocycles. The number of methoxy groups -OCH3 is 1. The van der Waals surface area contributed by atoms with Crippen LogP contribution < -0.4 is 14.8 Å². The van der Waals surface area contributed by atoms with Crippen molar-refractivity contribution in [2.24, 2.45) is 0 Å². The van der Waals surface area contributed by atoms with Crippen molar-refractivity contribution in [3.63, 3.8) is 0 Å². The molecule has 31 heavy (non-hydrogen) atoms. The number of hydrogen-bond acceptors (Lipinski definition) is 5. The van der Waals surface area contributed by atoms with Gasteiger partial charge >= 0.3 is 0 Å². The third kappa shape index (κ3) is 4.60. The molecular formula is C24H25FN4O2. The van der Waals surface area contributed by atoms with Crippen molar-refractivity contribution in [3.05, 3.63) is 71.8 Å². The lowest BCUT2D eigenvalue weighted by Crippen LogP contribution is -2.09. The average molecular weight is 420 g/mol. The third-order valence-electron chi connectivity index (χ3n) is 4.95. The predicted molar refractivity (Wildman–Crippen MR) is 119 cm³/mol. The number of anilines is 1. The number of ether oxygens (including phenoxy) is 2. The maximum atomic E-state index is 13.4. The molecule has 0 fully saturated rings. The highest BCUT2D eigenvalue weighted by Gasteiger charge is 2.16. The first-order valence-electron chi connectivity index (χ1n) is 10.2. The van der Waals surface area contributed by atoms with Crippen molar-refractivity contribution in [1.29, 1.82) is 0 Å². The van der Waals surface area contributed by atoms with Crippen LogP contribution in [0.3, 0.4) is 0 Å². The van der Waals surface area contributed by atoms with E-state index >= 15 is 0 Å². The quantitative estimate of drug-likeness (QED) is 0.405. The molecule has 0 spiro atoms. The number of fused-ring (bicyclic) bond motifs is 1. The molecule has 0 atom stereocenters. The van der Waals surface area contributed by atoms with E-state index in [2.05, 4.69) is 10.3 Å². The van der Waals surface area contributed by atoms with E-state index in [-0.39, 0.29) is 5.82 Å². The van der Waals surface area contributed by atoms with Crippen LogP contribution in [0.1, 0.15) is 17.5 Å².